The van der Waals surface area contributed by atoms with E-state index >= 15 is 0 Å². The molecule has 2 aliphatic rings. The van der Waals surface area contributed by atoms with Gasteiger partial charge in [0.2, 0.25) is 5.43 Å². The van der Waals surface area contributed by atoms with Gasteiger partial charge in [0, 0.05) is 10.8 Å². The number of rotatable bonds is 2. The van der Waals surface area contributed by atoms with Crippen molar-refractivity contribution in [2.75, 3.05) is 0 Å². The van der Waals surface area contributed by atoms with Gasteiger partial charge in [-0.2, -0.15) is 0 Å². The van der Waals surface area contributed by atoms with E-state index in [1.165, 1.54) is 44.5 Å². The second kappa shape index (κ2) is 8.92. The molecule has 0 N–H and O–H groups in total. The molecule has 0 spiro atoms. The maximum atomic E-state index is 14.1. The third-order valence-electron chi connectivity index (χ3n) is 10.5. The van der Waals surface area contributed by atoms with E-state index in [0.717, 1.165) is 22.3 Å². The van der Waals surface area contributed by atoms with Crippen molar-refractivity contribution in [3.8, 4) is 44.5 Å². The van der Waals surface area contributed by atoms with Crippen molar-refractivity contribution in [3.63, 3.8) is 0 Å². The zero-order chi connectivity index (χ0) is 30.7. The lowest BCUT2D eigenvalue weighted by Gasteiger charge is -2.22. The Morgan fingerprint density at radius 2 is 0.800 bits per heavy atom. The van der Waals surface area contributed by atoms with Crippen LogP contribution in [0.25, 0.3) is 66.4 Å². The summed E-state index contributed by atoms with van der Waals surface area (Å²) in [6.07, 6.45) is 0. The monoisotopic (exact) mass is 580 g/mol. The highest BCUT2D eigenvalue weighted by Gasteiger charge is 2.36. The van der Waals surface area contributed by atoms with Crippen molar-refractivity contribution in [3.05, 3.63) is 154 Å². The van der Waals surface area contributed by atoms with Gasteiger partial charge in [0.15, 0.2) is 0 Å². The van der Waals surface area contributed by atoms with Crippen LogP contribution in [0.3, 0.4) is 0 Å². The normalized spacial score (nSPS) is 15.1. The molecule has 2 aliphatic carbocycles. The lowest BCUT2D eigenvalue weighted by molar-refractivity contribution is 0.659. The summed E-state index contributed by atoms with van der Waals surface area (Å²) in [6.45, 7) is 9.17. The van der Waals surface area contributed by atoms with Gasteiger partial charge in [-0.05, 0) is 103 Å². The van der Waals surface area contributed by atoms with Crippen LogP contribution in [0, 0.1) is 0 Å². The van der Waals surface area contributed by atoms with E-state index in [1.54, 1.807) is 0 Å². The van der Waals surface area contributed by atoms with Crippen molar-refractivity contribution in [2.24, 2.45) is 0 Å². The minimum Gasteiger partial charge on any atom is -0.456 e. The van der Waals surface area contributed by atoms with Gasteiger partial charge >= 0.3 is 0 Å². The highest BCUT2D eigenvalue weighted by atomic mass is 16.3. The predicted octanol–water partition coefficient (Wildman–Crippen LogP) is 10.9. The average Bonchev–Trinajstić information content (AvgIpc) is 3.44. The molecule has 0 aliphatic heterocycles. The molecule has 6 aromatic carbocycles. The molecular weight excluding hydrogens is 548 g/mol. The van der Waals surface area contributed by atoms with Crippen molar-refractivity contribution >= 4 is 21.9 Å². The lowest BCUT2D eigenvalue weighted by Crippen LogP contribution is -2.14. The van der Waals surface area contributed by atoms with Gasteiger partial charge in [0.25, 0.3) is 0 Å². The van der Waals surface area contributed by atoms with E-state index in [9.17, 15) is 4.79 Å². The second-order valence-corrected chi connectivity index (χ2v) is 13.7. The van der Waals surface area contributed by atoms with E-state index in [0.29, 0.717) is 21.9 Å². The fourth-order valence-electron chi connectivity index (χ4n) is 7.98. The Hall–Kier alpha value is -5.21. The highest BCUT2D eigenvalue weighted by molar-refractivity contribution is 5.95. The van der Waals surface area contributed by atoms with Gasteiger partial charge < -0.3 is 4.42 Å². The van der Waals surface area contributed by atoms with E-state index in [2.05, 4.69) is 125 Å². The topological polar surface area (TPSA) is 30.2 Å². The molecule has 45 heavy (non-hydrogen) atoms. The van der Waals surface area contributed by atoms with Crippen LogP contribution < -0.4 is 5.43 Å². The summed E-state index contributed by atoms with van der Waals surface area (Å²) >= 11 is 0. The Morgan fingerprint density at radius 3 is 1.27 bits per heavy atom. The Balaban J connectivity index is 1.14. The molecule has 9 rings (SSSR count). The maximum absolute atomic E-state index is 14.1. The molecule has 7 aromatic rings. The Morgan fingerprint density at radius 1 is 0.422 bits per heavy atom. The van der Waals surface area contributed by atoms with Crippen LogP contribution in [0.2, 0.25) is 0 Å². The number of hydrogen-bond acceptors (Lipinski definition) is 2. The molecule has 0 radical (unpaired) electrons. The first-order valence-electron chi connectivity index (χ1n) is 15.7. The standard InChI is InChI=1S/C43H32O2/c1-42(2)35-11-7-5-9-29(35)31-17-13-27(23-37(31)42)25-15-19-39-33(21-25)41(44)34-22-26(16-20-40(34)45-39)28-14-18-32-30-10-6-8-12-36(30)43(3,4)38(32)24-28/h5-24H,1-4H3. The number of benzene rings is 6. The third-order valence-corrected chi connectivity index (χ3v) is 10.5. The molecule has 216 valence electrons. The fraction of sp³-hybridized carbons (Fsp3) is 0.140. The molecule has 0 saturated carbocycles. The summed E-state index contributed by atoms with van der Waals surface area (Å²) < 4.78 is 6.31. The maximum Gasteiger partial charge on any atom is 0.200 e. The molecule has 1 aromatic heterocycles. The summed E-state index contributed by atoms with van der Waals surface area (Å²) in [5.74, 6) is 0. The van der Waals surface area contributed by atoms with E-state index in [4.69, 9.17) is 4.42 Å². The predicted molar refractivity (Wildman–Crippen MR) is 186 cm³/mol. The molecule has 2 heteroatoms. The Labute approximate surface area is 262 Å². The highest BCUT2D eigenvalue weighted by Crippen LogP contribution is 2.51. The van der Waals surface area contributed by atoms with E-state index < -0.39 is 0 Å². The molecule has 0 unspecified atom stereocenters. The van der Waals surface area contributed by atoms with Crippen LogP contribution in [0.5, 0.6) is 0 Å². The van der Waals surface area contributed by atoms with Crippen LogP contribution in [0.1, 0.15) is 49.9 Å². The summed E-state index contributed by atoms with van der Waals surface area (Å²) in [6, 6.07) is 42.8. The lowest BCUT2D eigenvalue weighted by atomic mass is 9.81. The first-order valence-corrected chi connectivity index (χ1v) is 15.7. The van der Waals surface area contributed by atoms with Crippen molar-refractivity contribution in [2.45, 2.75) is 38.5 Å². The molecule has 0 bridgehead atoms. The van der Waals surface area contributed by atoms with Crippen LogP contribution in [-0.2, 0) is 10.8 Å². The zero-order valence-corrected chi connectivity index (χ0v) is 25.9. The van der Waals surface area contributed by atoms with Gasteiger partial charge in [-0.1, -0.05) is 113 Å². The van der Waals surface area contributed by atoms with Crippen LogP contribution in [-0.4, -0.2) is 0 Å². The molecule has 0 saturated heterocycles. The van der Waals surface area contributed by atoms with E-state index in [1.807, 2.05) is 24.3 Å². The van der Waals surface area contributed by atoms with Gasteiger partial charge in [-0.25, -0.2) is 0 Å². The second-order valence-electron chi connectivity index (χ2n) is 13.7. The molecule has 0 amide bonds. The number of hydrogen-bond donors (Lipinski definition) is 0. The Kier molecular flexibility index (Phi) is 5.20. The smallest absolute Gasteiger partial charge is 0.200 e. The van der Waals surface area contributed by atoms with Crippen LogP contribution in [0.4, 0.5) is 0 Å². The zero-order valence-electron chi connectivity index (χ0n) is 25.9. The molecular formula is C43H32O2. The van der Waals surface area contributed by atoms with Crippen LogP contribution >= 0.6 is 0 Å². The summed E-state index contributed by atoms with van der Waals surface area (Å²) in [5, 5.41) is 1.21. The first-order chi connectivity index (χ1) is 21.7. The van der Waals surface area contributed by atoms with Crippen LogP contribution in [0.15, 0.2) is 131 Å². The SMILES string of the molecule is CC1(C)c2ccccc2-c2ccc(-c3ccc4oc5ccc(-c6ccc7c(c6)C(C)(C)c6ccccc6-7)cc5c(=O)c4c3)cc21. The summed E-state index contributed by atoms with van der Waals surface area (Å²) in [4.78, 5) is 14.1. The first kappa shape index (κ1) is 26.2. The molecule has 0 fully saturated rings. The number of fused-ring (bicyclic) bond motifs is 8. The third kappa shape index (κ3) is 3.60. The van der Waals surface area contributed by atoms with Gasteiger partial charge in [0.1, 0.15) is 11.2 Å². The fourth-order valence-corrected chi connectivity index (χ4v) is 7.98. The van der Waals surface area contributed by atoms with Crippen molar-refractivity contribution in [1.29, 1.82) is 0 Å². The molecule has 0 atom stereocenters. The largest absolute Gasteiger partial charge is 0.456 e. The van der Waals surface area contributed by atoms with Gasteiger partial charge in [-0.3, -0.25) is 4.79 Å². The van der Waals surface area contributed by atoms with E-state index in [-0.39, 0.29) is 16.3 Å². The quantitative estimate of drug-likeness (QED) is 0.190. The Bertz CT molecular complexity index is 2290. The summed E-state index contributed by atoms with van der Waals surface area (Å²) in [7, 11) is 0. The minimum absolute atomic E-state index is 0.00209. The summed E-state index contributed by atoms with van der Waals surface area (Å²) in [5.41, 5.74) is 15.8. The molecule has 1 heterocycles. The molecule has 2 nitrogen and oxygen atoms in total. The van der Waals surface area contributed by atoms with Gasteiger partial charge in [0.05, 0.1) is 10.8 Å². The minimum atomic E-state index is -0.0834. The van der Waals surface area contributed by atoms with Crippen molar-refractivity contribution in [1.82, 2.24) is 0 Å². The average molecular weight is 581 g/mol. The van der Waals surface area contributed by atoms with Gasteiger partial charge in [-0.15, -0.1) is 0 Å². The van der Waals surface area contributed by atoms with Crippen molar-refractivity contribution < 1.29 is 4.42 Å².